The number of nitrogens with zero attached hydrogens (tertiary/aromatic N) is 1. The highest BCUT2D eigenvalue weighted by Crippen LogP contribution is 2.65. The number of halogens is 3. The quantitative estimate of drug-likeness (QED) is 0.356. The molecular weight excluding hydrogens is 514 g/mol. The third-order valence-electron chi connectivity index (χ3n) is 7.86. The average Bonchev–Trinajstić information content (AvgIpc) is 3.48. The third kappa shape index (κ3) is 2.84. The predicted molar refractivity (Wildman–Crippen MR) is 124 cm³/mol. The first-order valence-electron chi connectivity index (χ1n) is 11.4. The highest BCUT2D eigenvalue weighted by atomic mass is 35.5. The van der Waals surface area contributed by atoms with E-state index in [0.29, 0.717) is 5.57 Å². The maximum absolute atomic E-state index is 14.0. The fourth-order valence-electron chi connectivity index (χ4n) is 6.26. The number of allylic oxidation sites excluding steroid dienone is 2. The Kier molecular flexibility index (Phi) is 5.03. The SMILES string of the molecule is O=C1NC(=O)[C@H]2CC=C3[C@@H](C[C@@]4(Cl)C(=O)N(c5ccc(F)cc5)C(=O)[C@@]4(Cl)[C@H]3c3ccc(CO)o3)[C@@H]12. The number of alkyl halides is 2. The molecule has 0 spiro atoms. The van der Waals surface area contributed by atoms with Crippen molar-refractivity contribution in [3.8, 4) is 0 Å². The first kappa shape index (κ1) is 23.4. The molecule has 2 aromatic rings. The molecule has 3 fully saturated rings. The van der Waals surface area contributed by atoms with Crippen molar-refractivity contribution in [2.45, 2.75) is 35.1 Å². The van der Waals surface area contributed by atoms with Gasteiger partial charge < -0.3 is 9.52 Å². The number of carbonyl (C=O) groups excluding carboxylic acids is 4. The molecule has 0 radical (unpaired) electrons. The fourth-order valence-corrected chi connectivity index (χ4v) is 7.17. The minimum atomic E-state index is -2.06. The van der Waals surface area contributed by atoms with Crippen LogP contribution in [0.3, 0.4) is 0 Å². The van der Waals surface area contributed by atoms with E-state index in [2.05, 4.69) is 5.32 Å². The van der Waals surface area contributed by atoms with E-state index in [4.69, 9.17) is 27.6 Å². The number of carbonyl (C=O) groups is 4. The number of aliphatic hydroxyl groups excluding tert-OH is 1. The Morgan fingerprint density at radius 1 is 1.03 bits per heavy atom. The number of hydrogen-bond acceptors (Lipinski definition) is 6. The van der Waals surface area contributed by atoms with Crippen molar-refractivity contribution in [2.24, 2.45) is 17.8 Å². The average molecular weight is 533 g/mol. The summed E-state index contributed by atoms with van der Waals surface area (Å²) in [5, 5.41) is 11.9. The molecule has 36 heavy (non-hydrogen) atoms. The van der Waals surface area contributed by atoms with E-state index >= 15 is 0 Å². The van der Waals surface area contributed by atoms with Gasteiger partial charge in [-0.2, -0.15) is 0 Å². The van der Waals surface area contributed by atoms with Gasteiger partial charge in [-0.15, -0.1) is 23.2 Å². The first-order chi connectivity index (χ1) is 17.1. The Balaban J connectivity index is 1.56. The number of anilines is 1. The largest absolute Gasteiger partial charge is 0.463 e. The van der Waals surface area contributed by atoms with Crippen molar-refractivity contribution < 1.29 is 33.1 Å². The van der Waals surface area contributed by atoms with Gasteiger partial charge in [0.2, 0.25) is 11.8 Å². The minimum Gasteiger partial charge on any atom is -0.463 e. The van der Waals surface area contributed by atoms with Crippen molar-refractivity contribution in [3.05, 3.63) is 65.4 Å². The predicted octanol–water partition coefficient (Wildman–Crippen LogP) is 2.76. The Labute approximate surface area is 214 Å². The molecule has 6 atom stereocenters. The second kappa shape index (κ2) is 7.74. The van der Waals surface area contributed by atoms with Crippen LogP contribution in [0.2, 0.25) is 0 Å². The molecule has 8 nitrogen and oxygen atoms in total. The summed E-state index contributed by atoms with van der Waals surface area (Å²) in [4.78, 5) is 49.8. The Bertz CT molecular complexity index is 1370. The van der Waals surface area contributed by atoms with Gasteiger partial charge in [0.1, 0.15) is 23.9 Å². The maximum atomic E-state index is 14.0. The van der Waals surface area contributed by atoms with Crippen molar-refractivity contribution in [3.63, 3.8) is 0 Å². The van der Waals surface area contributed by atoms with Gasteiger partial charge >= 0.3 is 0 Å². The normalized spacial score (nSPS) is 35.3. The molecule has 11 heteroatoms. The van der Waals surface area contributed by atoms with Gasteiger partial charge in [-0.1, -0.05) is 11.6 Å². The van der Waals surface area contributed by atoms with Gasteiger partial charge in [0, 0.05) is 0 Å². The van der Waals surface area contributed by atoms with E-state index in [1.807, 2.05) is 0 Å². The molecule has 0 bridgehead atoms. The number of rotatable bonds is 3. The van der Waals surface area contributed by atoms with E-state index in [-0.39, 0.29) is 30.0 Å². The van der Waals surface area contributed by atoms with Crippen LogP contribution < -0.4 is 10.2 Å². The Morgan fingerprint density at radius 2 is 1.75 bits per heavy atom. The van der Waals surface area contributed by atoms with Crippen molar-refractivity contribution >= 4 is 52.5 Å². The van der Waals surface area contributed by atoms with Gasteiger partial charge in [0.25, 0.3) is 11.8 Å². The summed E-state index contributed by atoms with van der Waals surface area (Å²) in [7, 11) is 0. The first-order valence-corrected chi connectivity index (χ1v) is 12.1. The van der Waals surface area contributed by atoms with Crippen molar-refractivity contribution in [2.75, 3.05) is 4.90 Å². The number of imide groups is 2. The topological polar surface area (TPSA) is 117 Å². The summed E-state index contributed by atoms with van der Waals surface area (Å²) in [6.07, 6.45) is 1.84. The van der Waals surface area contributed by atoms with Crippen LogP contribution in [0, 0.1) is 23.6 Å². The summed E-state index contributed by atoms with van der Waals surface area (Å²) < 4.78 is 19.4. The van der Waals surface area contributed by atoms with E-state index < -0.39 is 69.5 Å². The Hall–Kier alpha value is -3.01. The second-order valence-corrected chi connectivity index (χ2v) is 10.8. The number of benzene rings is 1. The molecule has 1 saturated carbocycles. The van der Waals surface area contributed by atoms with Crippen LogP contribution in [0.4, 0.5) is 10.1 Å². The van der Waals surface area contributed by atoms with Crippen LogP contribution in [-0.2, 0) is 25.8 Å². The molecule has 4 amide bonds. The molecule has 1 aromatic heterocycles. The molecule has 4 aliphatic rings. The molecule has 6 rings (SSSR count). The summed E-state index contributed by atoms with van der Waals surface area (Å²) in [5.74, 6) is -5.78. The second-order valence-electron chi connectivity index (χ2n) is 9.57. The molecule has 2 saturated heterocycles. The van der Waals surface area contributed by atoms with Crippen LogP contribution in [0.5, 0.6) is 0 Å². The highest BCUT2D eigenvalue weighted by Gasteiger charge is 2.77. The van der Waals surface area contributed by atoms with Gasteiger partial charge in [0.05, 0.1) is 23.4 Å². The van der Waals surface area contributed by atoms with Crippen molar-refractivity contribution in [1.29, 1.82) is 0 Å². The zero-order valence-electron chi connectivity index (χ0n) is 18.5. The monoisotopic (exact) mass is 532 g/mol. The molecule has 0 unspecified atom stereocenters. The summed E-state index contributed by atoms with van der Waals surface area (Å²) in [6.45, 7) is -0.410. The molecule has 2 aliphatic carbocycles. The van der Waals surface area contributed by atoms with Crippen LogP contribution in [0.15, 0.2) is 52.5 Å². The Morgan fingerprint density at radius 3 is 2.42 bits per heavy atom. The smallest absolute Gasteiger partial charge is 0.258 e. The standard InChI is InChI=1S/C25H19Cl2FN2O6/c26-24-9-16-14(6-7-15-18(16)21(33)29-20(15)32)19(17-8-5-13(10-31)36-17)25(24,27)23(35)30(22(24)34)12-3-1-11(28)2-4-12/h1-6,8,15-16,18-19,31H,7,9-10H2,(H,29,32,33)/t15-,16+,18-,19+,24+,25-/m0/s1. The van der Waals surface area contributed by atoms with E-state index in [1.54, 1.807) is 12.1 Å². The minimum absolute atomic E-state index is 0.0960. The molecule has 2 aliphatic heterocycles. The highest BCUT2D eigenvalue weighted by molar-refractivity contribution is 6.58. The number of hydrogen-bond donors (Lipinski definition) is 2. The molecule has 2 N–H and O–H groups in total. The lowest BCUT2D eigenvalue weighted by Gasteiger charge is -2.49. The van der Waals surface area contributed by atoms with E-state index in [1.165, 1.54) is 18.2 Å². The summed E-state index contributed by atoms with van der Waals surface area (Å²) in [6, 6.07) is 7.84. The lowest BCUT2D eigenvalue weighted by molar-refractivity contribution is -0.127. The van der Waals surface area contributed by atoms with Crippen LogP contribution in [0.1, 0.15) is 30.3 Å². The van der Waals surface area contributed by atoms with Gasteiger partial charge in [-0.3, -0.25) is 24.5 Å². The lowest BCUT2D eigenvalue weighted by atomic mass is 9.57. The van der Waals surface area contributed by atoms with Gasteiger partial charge in [-0.05, 0) is 55.2 Å². The van der Waals surface area contributed by atoms with Gasteiger partial charge in [-0.25, -0.2) is 9.29 Å². The van der Waals surface area contributed by atoms with Crippen LogP contribution >= 0.6 is 23.2 Å². The maximum Gasteiger partial charge on any atom is 0.258 e. The molecule has 3 heterocycles. The fraction of sp³-hybridized carbons (Fsp3) is 0.360. The zero-order chi connectivity index (χ0) is 25.6. The molecular formula is C25H19Cl2FN2O6. The zero-order valence-corrected chi connectivity index (χ0v) is 20.1. The number of fused-ring (bicyclic) bond motifs is 4. The van der Waals surface area contributed by atoms with Gasteiger partial charge in [0.15, 0.2) is 9.75 Å². The molecule has 186 valence electrons. The van der Waals surface area contributed by atoms with Crippen LogP contribution in [0.25, 0.3) is 0 Å². The molecule has 1 aromatic carbocycles. The van der Waals surface area contributed by atoms with E-state index in [9.17, 15) is 28.7 Å². The number of furan rings is 1. The lowest BCUT2D eigenvalue weighted by Crippen LogP contribution is -2.60. The third-order valence-corrected chi connectivity index (χ3v) is 9.27. The number of nitrogens with one attached hydrogen (secondary N) is 1. The van der Waals surface area contributed by atoms with Crippen molar-refractivity contribution in [1.82, 2.24) is 5.32 Å². The summed E-state index contributed by atoms with van der Waals surface area (Å²) in [5.41, 5.74) is 0.673. The summed E-state index contributed by atoms with van der Waals surface area (Å²) >= 11 is 14.2. The number of aliphatic hydroxyl groups is 1. The number of amides is 4. The van der Waals surface area contributed by atoms with Crippen LogP contribution in [-0.4, -0.2) is 38.5 Å². The van der Waals surface area contributed by atoms with E-state index in [0.717, 1.165) is 17.0 Å².